The lowest BCUT2D eigenvalue weighted by molar-refractivity contribution is 0.0367. The lowest BCUT2D eigenvalue weighted by atomic mass is 9.82. The summed E-state index contributed by atoms with van der Waals surface area (Å²) in [5, 5.41) is 0. The van der Waals surface area contributed by atoms with Gasteiger partial charge in [0.25, 0.3) is 0 Å². The molecule has 14 heavy (non-hydrogen) atoms. The average Bonchev–Trinajstić information content (AvgIpc) is 2.02. The normalized spacial score (nSPS) is 36.9. The minimum Gasteiger partial charge on any atom is -0.328 e. The van der Waals surface area contributed by atoms with Crippen LogP contribution in [0.2, 0.25) is 0 Å². The molecule has 0 aromatic heterocycles. The molecule has 2 N–H and O–H groups in total. The van der Waals surface area contributed by atoms with Crippen molar-refractivity contribution in [2.75, 3.05) is 6.54 Å². The molecule has 2 heterocycles. The molecule has 1 unspecified atom stereocenters. The summed E-state index contributed by atoms with van der Waals surface area (Å²) in [7, 11) is 0. The van der Waals surface area contributed by atoms with Crippen molar-refractivity contribution in [3.05, 3.63) is 0 Å². The van der Waals surface area contributed by atoms with Gasteiger partial charge >= 0.3 is 0 Å². The van der Waals surface area contributed by atoms with Crippen molar-refractivity contribution in [2.24, 2.45) is 5.73 Å². The lowest BCUT2D eigenvalue weighted by Gasteiger charge is -2.47. The van der Waals surface area contributed by atoms with Crippen LogP contribution < -0.4 is 5.73 Å². The molecule has 2 nitrogen and oxygen atoms in total. The molecule has 2 saturated heterocycles. The zero-order chi connectivity index (χ0) is 8.55. The van der Waals surface area contributed by atoms with Gasteiger partial charge in [-0.05, 0) is 32.2 Å². The third-order valence-corrected chi connectivity index (χ3v) is 3.53. The van der Waals surface area contributed by atoms with E-state index in [0.717, 1.165) is 12.1 Å². The first kappa shape index (κ1) is 14.5. The topological polar surface area (TPSA) is 29.3 Å². The Morgan fingerprint density at radius 2 is 1.64 bits per heavy atom. The van der Waals surface area contributed by atoms with Gasteiger partial charge in [-0.15, -0.1) is 24.8 Å². The predicted octanol–water partition coefficient (Wildman–Crippen LogP) is 2.19. The van der Waals surface area contributed by atoms with Crippen molar-refractivity contribution in [2.45, 2.75) is 57.2 Å². The van der Waals surface area contributed by atoms with E-state index in [-0.39, 0.29) is 24.8 Å². The predicted molar refractivity (Wildman–Crippen MR) is 65.5 cm³/mol. The van der Waals surface area contributed by atoms with Gasteiger partial charge in [0.15, 0.2) is 0 Å². The second-order valence-corrected chi connectivity index (χ2v) is 4.30. The van der Waals surface area contributed by atoms with E-state index in [9.17, 15) is 0 Å². The number of nitrogens with two attached hydrogens (primary N) is 1. The molecule has 0 aromatic rings. The maximum absolute atomic E-state index is 6.02. The van der Waals surface area contributed by atoms with E-state index >= 15 is 0 Å². The summed E-state index contributed by atoms with van der Waals surface area (Å²) < 4.78 is 0. The number of nitrogens with zero attached hydrogens (tertiary/aromatic N) is 1. The SMILES string of the molecule is CCN1[C@@H]2CCC[C@H]1CC(N)C2.Cl.Cl. The Morgan fingerprint density at radius 1 is 1.14 bits per heavy atom. The summed E-state index contributed by atoms with van der Waals surface area (Å²) in [6.07, 6.45) is 6.68. The van der Waals surface area contributed by atoms with E-state index in [1.54, 1.807) is 0 Å². The Balaban J connectivity index is 0.000000845. The standard InChI is InChI=1S/C10H20N2.2ClH/c1-2-12-9-4-3-5-10(12)7-8(11)6-9;;/h8-10H,2-7,11H2,1H3;2*1H/t8?,9-,10+;;. The molecule has 2 bridgehead atoms. The van der Waals surface area contributed by atoms with E-state index in [1.807, 2.05) is 0 Å². The first-order valence-electron chi connectivity index (χ1n) is 5.32. The van der Waals surface area contributed by atoms with Gasteiger partial charge in [0.05, 0.1) is 0 Å². The Bertz CT molecular complexity index is 152. The molecule has 0 amide bonds. The van der Waals surface area contributed by atoms with Gasteiger partial charge in [-0.25, -0.2) is 0 Å². The Hall–Kier alpha value is 0.500. The molecule has 4 heteroatoms. The zero-order valence-corrected chi connectivity index (χ0v) is 10.4. The van der Waals surface area contributed by atoms with Crippen LogP contribution >= 0.6 is 24.8 Å². The second-order valence-electron chi connectivity index (χ2n) is 4.30. The third kappa shape index (κ3) is 2.75. The maximum atomic E-state index is 6.02. The fourth-order valence-corrected chi connectivity index (χ4v) is 3.04. The highest BCUT2D eigenvalue weighted by Gasteiger charge is 2.35. The Morgan fingerprint density at radius 3 is 2.07 bits per heavy atom. The van der Waals surface area contributed by atoms with Crippen LogP contribution in [0.1, 0.15) is 39.0 Å². The van der Waals surface area contributed by atoms with Gasteiger partial charge < -0.3 is 5.73 Å². The summed E-state index contributed by atoms with van der Waals surface area (Å²) in [6, 6.07) is 2.12. The van der Waals surface area contributed by atoms with E-state index in [0.29, 0.717) is 6.04 Å². The molecule has 0 spiro atoms. The molecule has 2 fully saturated rings. The van der Waals surface area contributed by atoms with Crippen molar-refractivity contribution in [3.8, 4) is 0 Å². The lowest BCUT2D eigenvalue weighted by Crippen LogP contribution is -2.54. The van der Waals surface area contributed by atoms with Crippen molar-refractivity contribution < 1.29 is 0 Å². The first-order chi connectivity index (χ1) is 5.81. The number of hydrogen-bond acceptors (Lipinski definition) is 2. The summed E-state index contributed by atoms with van der Waals surface area (Å²) in [5.74, 6) is 0. The molecule has 2 aliphatic rings. The van der Waals surface area contributed by atoms with Crippen LogP contribution in [0, 0.1) is 0 Å². The Kier molecular flexibility index (Phi) is 6.38. The molecule has 0 aliphatic carbocycles. The van der Waals surface area contributed by atoms with Crippen molar-refractivity contribution in [3.63, 3.8) is 0 Å². The highest BCUT2D eigenvalue weighted by atomic mass is 35.5. The number of hydrogen-bond donors (Lipinski definition) is 1. The van der Waals surface area contributed by atoms with Crippen molar-refractivity contribution >= 4 is 24.8 Å². The summed E-state index contributed by atoms with van der Waals surface area (Å²) in [6.45, 7) is 3.50. The quantitative estimate of drug-likeness (QED) is 0.762. The number of rotatable bonds is 1. The van der Waals surface area contributed by atoms with Crippen LogP contribution in [0.15, 0.2) is 0 Å². The van der Waals surface area contributed by atoms with Gasteiger partial charge in [0.2, 0.25) is 0 Å². The summed E-state index contributed by atoms with van der Waals surface area (Å²) >= 11 is 0. The molecule has 0 radical (unpaired) electrons. The van der Waals surface area contributed by atoms with Crippen LogP contribution in [-0.2, 0) is 0 Å². The molecule has 2 rings (SSSR count). The van der Waals surface area contributed by atoms with Crippen LogP contribution in [0.4, 0.5) is 0 Å². The van der Waals surface area contributed by atoms with E-state index in [1.165, 1.54) is 38.6 Å². The van der Waals surface area contributed by atoms with E-state index < -0.39 is 0 Å². The van der Waals surface area contributed by atoms with Crippen molar-refractivity contribution in [1.82, 2.24) is 4.90 Å². The van der Waals surface area contributed by atoms with Gasteiger partial charge in [0, 0.05) is 18.1 Å². The zero-order valence-electron chi connectivity index (χ0n) is 8.82. The molecule has 0 saturated carbocycles. The molecule has 2 aliphatic heterocycles. The van der Waals surface area contributed by atoms with E-state index in [2.05, 4.69) is 11.8 Å². The van der Waals surface area contributed by atoms with Crippen molar-refractivity contribution in [1.29, 1.82) is 0 Å². The minimum atomic E-state index is 0. The van der Waals surface area contributed by atoms with Crippen LogP contribution in [0.25, 0.3) is 0 Å². The molecule has 3 atom stereocenters. The number of fused-ring (bicyclic) bond motifs is 2. The summed E-state index contributed by atoms with van der Waals surface area (Å²) in [4.78, 5) is 2.67. The van der Waals surface area contributed by atoms with Gasteiger partial charge in [-0.2, -0.15) is 0 Å². The third-order valence-electron chi connectivity index (χ3n) is 3.53. The first-order valence-corrected chi connectivity index (χ1v) is 5.32. The van der Waals surface area contributed by atoms with Gasteiger partial charge in [0.1, 0.15) is 0 Å². The monoisotopic (exact) mass is 240 g/mol. The summed E-state index contributed by atoms with van der Waals surface area (Å²) in [5.41, 5.74) is 6.02. The van der Waals surface area contributed by atoms with Crippen LogP contribution in [0.5, 0.6) is 0 Å². The van der Waals surface area contributed by atoms with Gasteiger partial charge in [-0.3, -0.25) is 4.90 Å². The second kappa shape index (κ2) is 6.16. The van der Waals surface area contributed by atoms with Crippen LogP contribution in [-0.4, -0.2) is 29.6 Å². The highest BCUT2D eigenvalue weighted by Crippen LogP contribution is 2.32. The molecular weight excluding hydrogens is 219 g/mol. The number of piperidine rings is 2. The Labute approximate surface area is 99.4 Å². The minimum absolute atomic E-state index is 0. The molecule has 86 valence electrons. The largest absolute Gasteiger partial charge is 0.328 e. The smallest absolute Gasteiger partial charge is 0.0113 e. The highest BCUT2D eigenvalue weighted by molar-refractivity contribution is 5.85. The van der Waals surface area contributed by atoms with E-state index in [4.69, 9.17) is 5.73 Å². The fraction of sp³-hybridized carbons (Fsp3) is 1.00. The van der Waals surface area contributed by atoms with Gasteiger partial charge in [-0.1, -0.05) is 13.3 Å². The number of halogens is 2. The average molecular weight is 241 g/mol. The fourth-order valence-electron chi connectivity index (χ4n) is 3.04. The molecular formula is C10H22Cl2N2. The maximum Gasteiger partial charge on any atom is 0.0113 e. The molecule has 0 aromatic carbocycles. The van der Waals surface area contributed by atoms with Crippen LogP contribution in [0.3, 0.4) is 0 Å².